The zero-order valence-electron chi connectivity index (χ0n) is 19.1. The predicted octanol–water partition coefficient (Wildman–Crippen LogP) is 5.02. The van der Waals surface area contributed by atoms with Crippen LogP contribution in [0, 0.1) is 15.9 Å². The molecule has 184 valence electrons. The first kappa shape index (κ1) is 26.0. The SMILES string of the molecule is COc1ccc(-c2cc(-c3cccc([N+](=O)[O-])c3)nc(N=C(N)NCc3ccccc3F)n2)cc1.Cl. The molecular formula is C25H22ClFN6O3. The number of halogens is 2. The lowest BCUT2D eigenvalue weighted by Crippen LogP contribution is -2.31. The van der Waals surface area contributed by atoms with Crippen LogP contribution in [0.25, 0.3) is 22.5 Å². The first-order valence-corrected chi connectivity index (χ1v) is 10.5. The summed E-state index contributed by atoms with van der Waals surface area (Å²) in [7, 11) is 1.57. The number of hydrogen-bond donors (Lipinski definition) is 2. The fourth-order valence-electron chi connectivity index (χ4n) is 3.30. The van der Waals surface area contributed by atoms with Crippen LogP contribution in [-0.4, -0.2) is 28.0 Å². The lowest BCUT2D eigenvalue weighted by Gasteiger charge is -2.09. The Bertz CT molecular complexity index is 1400. The van der Waals surface area contributed by atoms with Crippen LogP contribution >= 0.6 is 12.4 Å². The Hall–Kier alpha value is -4.57. The Morgan fingerprint density at radius 2 is 1.72 bits per heavy atom. The molecule has 0 aliphatic carbocycles. The number of guanidine groups is 1. The number of hydrogen-bond acceptors (Lipinski definition) is 6. The van der Waals surface area contributed by atoms with Crippen molar-refractivity contribution < 1.29 is 14.1 Å². The Morgan fingerprint density at radius 3 is 2.39 bits per heavy atom. The number of aromatic nitrogens is 2. The molecule has 0 bridgehead atoms. The molecule has 36 heavy (non-hydrogen) atoms. The van der Waals surface area contributed by atoms with Gasteiger partial charge in [-0.25, -0.2) is 14.4 Å². The number of nitrogens with one attached hydrogen (secondary N) is 1. The van der Waals surface area contributed by atoms with Crippen molar-refractivity contribution in [3.63, 3.8) is 0 Å². The summed E-state index contributed by atoms with van der Waals surface area (Å²) in [4.78, 5) is 23.9. The third kappa shape index (κ3) is 6.30. The standard InChI is InChI=1S/C25H21FN6O3.ClH/c1-35-20-11-9-16(10-12-20)22-14-23(17-6-4-7-19(13-17)32(33)34)30-25(29-22)31-24(27)28-15-18-5-2-3-8-21(18)26;/h2-14H,15H2,1H3,(H3,27,28,29,30,31);1H. The van der Waals surface area contributed by atoms with Gasteiger partial charge in [0.1, 0.15) is 11.6 Å². The minimum Gasteiger partial charge on any atom is -0.497 e. The van der Waals surface area contributed by atoms with E-state index in [4.69, 9.17) is 10.5 Å². The summed E-state index contributed by atoms with van der Waals surface area (Å²) in [6.45, 7) is 0.123. The highest BCUT2D eigenvalue weighted by atomic mass is 35.5. The third-order valence-corrected chi connectivity index (χ3v) is 5.09. The Morgan fingerprint density at radius 1 is 1.03 bits per heavy atom. The fourth-order valence-corrected chi connectivity index (χ4v) is 3.30. The summed E-state index contributed by atoms with van der Waals surface area (Å²) < 4.78 is 19.1. The second-order valence-electron chi connectivity index (χ2n) is 7.42. The van der Waals surface area contributed by atoms with Gasteiger partial charge in [-0.15, -0.1) is 12.4 Å². The van der Waals surface area contributed by atoms with Crippen LogP contribution in [0.1, 0.15) is 5.56 Å². The molecule has 0 fully saturated rings. The zero-order valence-corrected chi connectivity index (χ0v) is 19.9. The van der Waals surface area contributed by atoms with Gasteiger partial charge in [0.15, 0.2) is 5.96 Å². The molecule has 4 rings (SSSR count). The number of nitro groups is 1. The highest BCUT2D eigenvalue weighted by Gasteiger charge is 2.13. The quantitative estimate of drug-likeness (QED) is 0.155. The van der Waals surface area contributed by atoms with Gasteiger partial charge in [0, 0.05) is 35.4 Å². The molecule has 0 aliphatic heterocycles. The predicted molar refractivity (Wildman–Crippen MR) is 138 cm³/mol. The zero-order chi connectivity index (χ0) is 24.8. The van der Waals surface area contributed by atoms with E-state index in [0.717, 1.165) is 5.56 Å². The Labute approximate surface area is 212 Å². The van der Waals surface area contributed by atoms with Gasteiger partial charge in [-0.1, -0.05) is 30.3 Å². The average Bonchev–Trinajstić information content (AvgIpc) is 2.88. The molecule has 0 atom stereocenters. The van der Waals surface area contributed by atoms with Crippen LogP contribution in [0.2, 0.25) is 0 Å². The van der Waals surface area contributed by atoms with Crippen molar-refractivity contribution in [2.24, 2.45) is 10.7 Å². The molecule has 0 saturated carbocycles. The van der Waals surface area contributed by atoms with E-state index < -0.39 is 4.92 Å². The molecule has 0 radical (unpaired) electrons. The van der Waals surface area contributed by atoms with E-state index in [1.165, 1.54) is 18.2 Å². The molecule has 0 saturated heterocycles. The van der Waals surface area contributed by atoms with E-state index >= 15 is 0 Å². The molecule has 1 aromatic heterocycles. The number of nitro benzene ring substituents is 1. The summed E-state index contributed by atoms with van der Waals surface area (Å²) in [6.07, 6.45) is 0. The number of non-ortho nitro benzene ring substituents is 1. The smallest absolute Gasteiger partial charge is 0.270 e. The topological polar surface area (TPSA) is 129 Å². The summed E-state index contributed by atoms with van der Waals surface area (Å²) in [5, 5.41) is 14.1. The molecule has 9 nitrogen and oxygen atoms in total. The number of aliphatic imine (C=N–C) groups is 1. The van der Waals surface area contributed by atoms with Crippen molar-refractivity contribution in [1.29, 1.82) is 0 Å². The van der Waals surface area contributed by atoms with Gasteiger partial charge in [-0.3, -0.25) is 10.1 Å². The summed E-state index contributed by atoms with van der Waals surface area (Å²) in [6, 6.07) is 21.4. The van der Waals surface area contributed by atoms with Crippen molar-refractivity contribution in [3.8, 4) is 28.3 Å². The van der Waals surface area contributed by atoms with E-state index in [2.05, 4.69) is 20.3 Å². The molecule has 3 aromatic carbocycles. The van der Waals surface area contributed by atoms with E-state index in [1.54, 1.807) is 55.6 Å². The van der Waals surface area contributed by atoms with Crippen LogP contribution in [0.4, 0.5) is 16.0 Å². The largest absolute Gasteiger partial charge is 0.497 e. The van der Waals surface area contributed by atoms with Crippen LogP contribution in [-0.2, 0) is 6.54 Å². The number of nitrogens with two attached hydrogens (primary N) is 1. The fraction of sp³-hybridized carbons (Fsp3) is 0.0800. The Kier molecular flexibility index (Phi) is 8.48. The van der Waals surface area contributed by atoms with Crippen molar-refractivity contribution in [2.75, 3.05) is 7.11 Å². The number of nitrogens with zero attached hydrogens (tertiary/aromatic N) is 4. The molecule has 11 heteroatoms. The van der Waals surface area contributed by atoms with E-state index in [0.29, 0.717) is 28.3 Å². The van der Waals surface area contributed by atoms with Crippen molar-refractivity contribution >= 4 is 30.0 Å². The molecule has 4 aromatic rings. The molecule has 0 unspecified atom stereocenters. The highest BCUT2D eigenvalue weighted by molar-refractivity contribution is 5.85. The van der Waals surface area contributed by atoms with Gasteiger partial charge in [-0.2, -0.15) is 4.99 Å². The van der Waals surface area contributed by atoms with Crippen molar-refractivity contribution in [1.82, 2.24) is 15.3 Å². The molecule has 0 aliphatic rings. The number of benzene rings is 3. The summed E-state index contributed by atoms with van der Waals surface area (Å²) in [5.74, 6) is 0.351. The monoisotopic (exact) mass is 508 g/mol. The van der Waals surface area contributed by atoms with Crippen LogP contribution in [0.15, 0.2) is 83.9 Å². The molecule has 0 amide bonds. The molecule has 3 N–H and O–H groups in total. The second-order valence-corrected chi connectivity index (χ2v) is 7.42. The van der Waals surface area contributed by atoms with E-state index in [1.807, 2.05) is 12.1 Å². The first-order valence-electron chi connectivity index (χ1n) is 10.5. The minimum absolute atomic E-state index is 0. The van der Waals surface area contributed by atoms with Crippen molar-refractivity contribution in [3.05, 3.63) is 100 Å². The number of ether oxygens (including phenoxy) is 1. The van der Waals surface area contributed by atoms with Gasteiger partial charge in [0.25, 0.3) is 11.6 Å². The van der Waals surface area contributed by atoms with Crippen molar-refractivity contribution in [2.45, 2.75) is 6.54 Å². The summed E-state index contributed by atoms with van der Waals surface area (Å²) in [5.41, 5.74) is 8.61. The van der Waals surface area contributed by atoms with Crippen LogP contribution < -0.4 is 15.8 Å². The maximum atomic E-state index is 13.9. The first-order chi connectivity index (χ1) is 16.9. The maximum absolute atomic E-state index is 13.9. The second kappa shape index (κ2) is 11.7. The lowest BCUT2D eigenvalue weighted by atomic mass is 10.1. The third-order valence-electron chi connectivity index (χ3n) is 5.09. The number of rotatable bonds is 7. The van der Waals surface area contributed by atoms with E-state index in [9.17, 15) is 14.5 Å². The van der Waals surface area contributed by atoms with E-state index in [-0.39, 0.29) is 42.4 Å². The van der Waals surface area contributed by atoms with Gasteiger partial charge in [-0.05, 0) is 36.4 Å². The highest BCUT2D eigenvalue weighted by Crippen LogP contribution is 2.29. The molecule has 0 spiro atoms. The Balaban J connectivity index is 0.00000361. The summed E-state index contributed by atoms with van der Waals surface area (Å²) >= 11 is 0. The normalized spacial score (nSPS) is 10.9. The average molecular weight is 509 g/mol. The van der Waals surface area contributed by atoms with Crippen LogP contribution in [0.5, 0.6) is 5.75 Å². The van der Waals surface area contributed by atoms with Gasteiger partial charge >= 0.3 is 0 Å². The van der Waals surface area contributed by atoms with Gasteiger partial charge in [0.05, 0.1) is 23.4 Å². The number of methoxy groups -OCH3 is 1. The van der Waals surface area contributed by atoms with Gasteiger partial charge in [0.2, 0.25) is 0 Å². The molecular weight excluding hydrogens is 487 g/mol. The maximum Gasteiger partial charge on any atom is 0.270 e. The van der Waals surface area contributed by atoms with Crippen LogP contribution in [0.3, 0.4) is 0 Å². The van der Waals surface area contributed by atoms with Gasteiger partial charge < -0.3 is 15.8 Å². The minimum atomic E-state index is -0.473. The lowest BCUT2D eigenvalue weighted by molar-refractivity contribution is -0.384. The molecule has 1 heterocycles.